The van der Waals surface area contributed by atoms with Crippen molar-refractivity contribution in [2.75, 3.05) is 0 Å². The van der Waals surface area contributed by atoms with Crippen molar-refractivity contribution in [3.05, 3.63) is 23.1 Å². The summed E-state index contributed by atoms with van der Waals surface area (Å²) in [5.41, 5.74) is -1.32. The van der Waals surface area contributed by atoms with Gasteiger partial charge in [-0.3, -0.25) is 0 Å². The molecule has 0 unspecified atom stereocenters. The van der Waals surface area contributed by atoms with Crippen LogP contribution in [0, 0.1) is 5.82 Å². The quantitative estimate of drug-likeness (QED) is 0.826. The van der Waals surface area contributed by atoms with Crippen LogP contribution >= 0.6 is 0 Å². The molecule has 0 saturated heterocycles. The average molecular weight is 243 g/mol. The maximum absolute atomic E-state index is 12.9. The van der Waals surface area contributed by atoms with E-state index >= 15 is 0 Å². The number of pyridine rings is 1. The van der Waals surface area contributed by atoms with Gasteiger partial charge in [-0.15, -0.1) is 13.2 Å². The van der Waals surface area contributed by atoms with Gasteiger partial charge in [0.25, 0.3) is 0 Å². The van der Waals surface area contributed by atoms with Gasteiger partial charge < -0.3 is 9.84 Å². The molecule has 1 N–H and O–H groups in total. The first-order valence-corrected chi connectivity index (χ1v) is 3.98. The summed E-state index contributed by atoms with van der Waals surface area (Å²) in [5, 5.41) is 8.57. The number of aliphatic hydroxyl groups is 1. The maximum atomic E-state index is 12.9. The summed E-state index contributed by atoms with van der Waals surface area (Å²) in [7, 11) is 0. The van der Waals surface area contributed by atoms with Crippen LogP contribution in [-0.2, 0) is 13.3 Å². The number of rotatable bonds is 3. The van der Waals surface area contributed by atoms with E-state index in [0.29, 0.717) is 6.07 Å². The molecule has 3 nitrogen and oxygen atoms in total. The Morgan fingerprint density at radius 3 is 2.44 bits per heavy atom. The van der Waals surface area contributed by atoms with Crippen LogP contribution in [-0.4, -0.2) is 16.5 Å². The van der Waals surface area contributed by atoms with Crippen LogP contribution in [0.4, 0.5) is 22.0 Å². The lowest BCUT2D eigenvalue weighted by Crippen LogP contribution is -2.19. The predicted octanol–water partition coefficient (Wildman–Crippen LogP) is 2.08. The number of ether oxygens (including phenoxy) is 1. The van der Waals surface area contributed by atoms with Gasteiger partial charge in [0.1, 0.15) is 18.2 Å². The minimum atomic E-state index is -5.05. The Bertz CT molecular complexity index is 379. The van der Waals surface area contributed by atoms with Crippen LogP contribution in [0.15, 0.2) is 6.07 Å². The molecule has 1 rings (SSSR count). The molecule has 0 saturated carbocycles. The van der Waals surface area contributed by atoms with Crippen molar-refractivity contribution < 1.29 is 31.8 Å². The molecule has 90 valence electrons. The molecule has 0 aliphatic rings. The van der Waals surface area contributed by atoms with Crippen LogP contribution in [0.2, 0.25) is 0 Å². The van der Waals surface area contributed by atoms with Crippen LogP contribution < -0.4 is 4.74 Å². The number of hydrogen-bond acceptors (Lipinski definition) is 3. The summed E-state index contributed by atoms with van der Waals surface area (Å²) >= 11 is 0. The highest BCUT2D eigenvalue weighted by atomic mass is 19.4. The van der Waals surface area contributed by atoms with Crippen molar-refractivity contribution in [2.24, 2.45) is 0 Å². The minimum Gasteiger partial charge on any atom is -0.390 e. The van der Waals surface area contributed by atoms with E-state index in [-0.39, 0.29) is 0 Å². The number of aromatic nitrogens is 1. The van der Waals surface area contributed by atoms with E-state index in [1.165, 1.54) is 0 Å². The second-order valence-electron chi connectivity index (χ2n) is 2.72. The van der Waals surface area contributed by atoms with Crippen LogP contribution in [0.3, 0.4) is 0 Å². The Hall–Kier alpha value is -1.44. The van der Waals surface area contributed by atoms with Gasteiger partial charge in [-0.25, -0.2) is 13.8 Å². The Morgan fingerprint density at radius 2 is 2.00 bits per heavy atom. The van der Waals surface area contributed by atoms with Crippen LogP contribution in [0.1, 0.15) is 11.3 Å². The third-order valence-electron chi connectivity index (χ3n) is 1.59. The van der Waals surface area contributed by atoms with E-state index in [9.17, 15) is 22.0 Å². The molecule has 1 aromatic heterocycles. The molecule has 1 heterocycles. The lowest BCUT2D eigenvalue weighted by Gasteiger charge is -2.11. The molecule has 0 bridgehead atoms. The normalized spacial score (nSPS) is 11.6. The SMILES string of the molecule is OCc1nc(OC(F)(F)F)c(CF)cc1F. The molecule has 1 aromatic rings. The highest BCUT2D eigenvalue weighted by Gasteiger charge is 2.33. The standard InChI is InChI=1S/C8H6F5NO2/c9-2-4-1-5(10)6(3-15)14-7(4)16-8(11,12)13/h1,15H,2-3H2. The number of nitrogens with zero attached hydrogens (tertiary/aromatic N) is 1. The van der Waals surface area contributed by atoms with E-state index in [2.05, 4.69) is 9.72 Å². The summed E-state index contributed by atoms with van der Waals surface area (Å²) in [4.78, 5) is 3.04. The average Bonchev–Trinajstić information content (AvgIpc) is 2.18. The van der Waals surface area contributed by atoms with E-state index in [0.717, 1.165) is 0 Å². The molecular weight excluding hydrogens is 237 g/mol. The van der Waals surface area contributed by atoms with Crippen molar-refractivity contribution >= 4 is 0 Å². The Kier molecular flexibility index (Phi) is 3.63. The molecule has 0 fully saturated rings. The first-order valence-electron chi connectivity index (χ1n) is 3.98. The first-order chi connectivity index (χ1) is 7.37. The second kappa shape index (κ2) is 4.60. The molecule has 0 amide bonds. The number of aliphatic hydroxyl groups excluding tert-OH is 1. The zero-order valence-electron chi connectivity index (χ0n) is 7.68. The van der Waals surface area contributed by atoms with Gasteiger partial charge in [-0.05, 0) is 6.07 Å². The Labute approximate surface area is 86.5 Å². The summed E-state index contributed by atoms with van der Waals surface area (Å²) in [6.45, 7) is -2.27. The fraction of sp³-hybridized carbons (Fsp3) is 0.375. The van der Waals surface area contributed by atoms with Gasteiger partial charge in [-0.2, -0.15) is 0 Å². The van der Waals surface area contributed by atoms with Gasteiger partial charge in [-0.1, -0.05) is 0 Å². The largest absolute Gasteiger partial charge is 0.574 e. The van der Waals surface area contributed by atoms with Gasteiger partial charge in [0.15, 0.2) is 0 Å². The first kappa shape index (κ1) is 12.6. The molecule has 8 heteroatoms. The third-order valence-corrected chi connectivity index (χ3v) is 1.59. The van der Waals surface area contributed by atoms with Crippen molar-refractivity contribution in [3.63, 3.8) is 0 Å². The second-order valence-corrected chi connectivity index (χ2v) is 2.72. The molecule has 0 aliphatic heterocycles. The van der Waals surface area contributed by atoms with Crippen LogP contribution in [0.25, 0.3) is 0 Å². The summed E-state index contributed by atoms with van der Waals surface area (Å²) in [5.74, 6) is -2.19. The topological polar surface area (TPSA) is 42.4 Å². The molecule has 16 heavy (non-hydrogen) atoms. The van der Waals surface area contributed by atoms with Gasteiger partial charge in [0.05, 0.1) is 6.61 Å². The molecule has 0 atom stereocenters. The zero-order valence-corrected chi connectivity index (χ0v) is 7.68. The molecule has 0 radical (unpaired) electrons. The minimum absolute atomic E-state index is 0.500. The highest BCUT2D eigenvalue weighted by molar-refractivity contribution is 5.28. The van der Waals surface area contributed by atoms with E-state index < -0.39 is 42.6 Å². The Balaban J connectivity index is 3.15. The maximum Gasteiger partial charge on any atom is 0.574 e. The summed E-state index contributed by atoms with van der Waals surface area (Å²) in [6, 6.07) is 0.500. The molecular formula is C8H6F5NO2. The molecule has 0 aromatic carbocycles. The summed E-state index contributed by atoms with van der Waals surface area (Å²) in [6.07, 6.45) is -5.05. The lowest BCUT2D eigenvalue weighted by molar-refractivity contribution is -0.276. The summed E-state index contributed by atoms with van der Waals surface area (Å²) < 4.78 is 64.1. The van der Waals surface area contributed by atoms with Crippen molar-refractivity contribution in [3.8, 4) is 5.88 Å². The third kappa shape index (κ3) is 3.02. The highest BCUT2D eigenvalue weighted by Crippen LogP contribution is 2.26. The number of alkyl halides is 4. The van der Waals surface area contributed by atoms with Crippen molar-refractivity contribution in [2.45, 2.75) is 19.6 Å². The van der Waals surface area contributed by atoms with Crippen molar-refractivity contribution in [1.82, 2.24) is 4.98 Å². The van der Waals surface area contributed by atoms with Gasteiger partial charge in [0.2, 0.25) is 5.88 Å². The van der Waals surface area contributed by atoms with Gasteiger partial charge >= 0.3 is 6.36 Å². The van der Waals surface area contributed by atoms with Crippen LogP contribution in [0.5, 0.6) is 5.88 Å². The number of hydrogen-bond donors (Lipinski definition) is 1. The van der Waals surface area contributed by atoms with Crippen molar-refractivity contribution in [1.29, 1.82) is 0 Å². The monoisotopic (exact) mass is 243 g/mol. The predicted molar refractivity (Wildman–Crippen MR) is 41.6 cm³/mol. The van der Waals surface area contributed by atoms with E-state index in [4.69, 9.17) is 5.11 Å². The van der Waals surface area contributed by atoms with Gasteiger partial charge in [0, 0.05) is 5.56 Å². The smallest absolute Gasteiger partial charge is 0.390 e. The lowest BCUT2D eigenvalue weighted by atomic mass is 10.2. The number of halogens is 5. The van der Waals surface area contributed by atoms with E-state index in [1.807, 2.05) is 0 Å². The molecule has 0 aliphatic carbocycles. The fourth-order valence-electron chi connectivity index (χ4n) is 0.950. The van der Waals surface area contributed by atoms with E-state index in [1.54, 1.807) is 0 Å². The fourth-order valence-corrected chi connectivity index (χ4v) is 0.950. The molecule has 0 spiro atoms. The Morgan fingerprint density at radius 1 is 1.38 bits per heavy atom. The zero-order chi connectivity index (χ0) is 12.3.